The van der Waals surface area contributed by atoms with Gasteiger partial charge in [-0.15, -0.1) is 0 Å². The number of rotatable bonds is 7. The van der Waals surface area contributed by atoms with E-state index in [-0.39, 0.29) is 35.9 Å². The molecular formula is C21H31N3O5S. The van der Waals surface area contributed by atoms with Crippen molar-refractivity contribution in [3.63, 3.8) is 0 Å². The number of nitrogens with one attached hydrogen (secondary N) is 2. The first-order valence-corrected chi connectivity index (χ1v) is 12.2. The third-order valence-electron chi connectivity index (χ3n) is 5.66. The second-order valence-electron chi connectivity index (χ2n) is 7.81. The number of sulfonamides is 1. The summed E-state index contributed by atoms with van der Waals surface area (Å²) in [7, 11) is -3.63. The zero-order chi connectivity index (χ0) is 21.6. The van der Waals surface area contributed by atoms with Crippen LogP contribution in [0.1, 0.15) is 50.2 Å². The number of aryl methyl sites for hydroxylation is 2. The molecule has 0 aromatic heterocycles. The standard InChI is InChI=1S/C21H31N3O5S/c1-2-29-21(26)24-13-10-18(11-14-24)23-20(25)9-12-22-30(27,28)19-8-7-16-5-3-4-6-17(16)15-19/h7-8,15,18,22H,2-6,9-14H2,1H3,(H,23,25). The molecule has 9 heteroatoms. The molecule has 1 aromatic carbocycles. The number of hydrogen-bond acceptors (Lipinski definition) is 5. The van der Waals surface area contributed by atoms with Gasteiger partial charge in [0.15, 0.2) is 0 Å². The molecule has 2 aliphatic rings. The van der Waals surface area contributed by atoms with Crippen LogP contribution in [0.25, 0.3) is 0 Å². The number of nitrogens with zero attached hydrogens (tertiary/aromatic N) is 1. The molecule has 1 aromatic rings. The van der Waals surface area contributed by atoms with E-state index in [0.717, 1.165) is 31.2 Å². The van der Waals surface area contributed by atoms with Gasteiger partial charge in [-0.1, -0.05) is 6.07 Å². The summed E-state index contributed by atoms with van der Waals surface area (Å²) in [5.74, 6) is -0.197. The van der Waals surface area contributed by atoms with Crippen molar-refractivity contribution in [3.8, 4) is 0 Å². The maximum atomic E-state index is 12.6. The quantitative estimate of drug-likeness (QED) is 0.679. The highest BCUT2D eigenvalue weighted by Gasteiger charge is 2.24. The van der Waals surface area contributed by atoms with Crippen LogP contribution in [-0.2, 0) is 32.4 Å². The summed E-state index contributed by atoms with van der Waals surface area (Å²) in [4.78, 5) is 25.8. The molecule has 0 spiro atoms. The molecule has 1 aliphatic carbocycles. The lowest BCUT2D eigenvalue weighted by atomic mass is 9.92. The summed E-state index contributed by atoms with van der Waals surface area (Å²) in [6, 6.07) is 5.29. The molecule has 1 fully saturated rings. The SMILES string of the molecule is CCOC(=O)N1CCC(NC(=O)CCNS(=O)(=O)c2ccc3c(c2)CCCC3)CC1. The van der Waals surface area contributed by atoms with E-state index in [1.165, 1.54) is 5.56 Å². The van der Waals surface area contributed by atoms with Gasteiger partial charge in [0.05, 0.1) is 11.5 Å². The van der Waals surface area contributed by atoms with Crippen LogP contribution in [0.3, 0.4) is 0 Å². The number of piperidine rings is 1. The van der Waals surface area contributed by atoms with Crippen molar-refractivity contribution in [2.75, 3.05) is 26.2 Å². The van der Waals surface area contributed by atoms with E-state index < -0.39 is 10.0 Å². The Hall–Kier alpha value is -2.13. The smallest absolute Gasteiger partial charge is 0.409 e. The van der Waals surface area contributed by atoms with Crippen molar-refractivity contribution < 1.29 is 22.7 Å². The number of carbonyl (C=O) groups excluding carboxylic acids is 2. The van der Waals surface area contributed by atoms with Crippen LogP contribution in [0.2, 0.25) is 0 Å². The molecule has 2 N–H and O–H groups in total. The fourth-order valence-electron chi connectivity index (χ4n) is 3.98. The Morgan fingerprint density at radius 1 is 1.13 bits per heavy atom. The summed E-state index contributed by atoms with van der Waals surface area (Å²) in [6.45, 7) is 3.23. The van der Waals surface area contributed by atoms with Crippen LogP contribution in [-0.4, -0.2) is 57.6 Å². The van der Waals surface area contributed by atoms with E-state index in [1.54, 1.807) is 24.0 Å². The summed E-state index contributed by atoms with van der Waals surface area (Å²) in [5.41, 5.74) is 2.34. The molecule has 3 rings (SSSR count). The molecule has 166 valence electrons. The van der Waals surface area contributed by atoms with Gasteiger partial charge in [-0.2, -0.15) is 0 Å². The van der Waals surface area contributed by atoms with E-state index in [0.29, 0.717) is 32.5 Å². The highest BCUT2D eigenvalue weighted by Crippen LogP contribution is 2.24. The average Bonchev–Trinajstić information content (AvgIpc) is 2.74. The van der Waals surface area contributed by atoms with Gasteiger partial charge in [0, 0.05) is 32.1 Å². The lowest BCUT2D eigenvalue weighted by Crippen LogP contribution is -2.47. The Kier molecular flexibility index (Phi) is 7.71. The number of benzene rings is 1. The second-order valence-corrected chi connectivity index (χ2v) is 9.58. The van der Waals surface area contributed by atoms with Gasteiger partial charge in [0.25, 0.3) is 0 Å². The first-order valence-electron chi connectivity index (χ1n) is 10.7. The van der Waals surface area contributed by atoms with Gasteiger partial charge < -0.3 is 15.0 Å². The predicted molar refractivity (Wildman–Crippen MR) is 113 cm³/mol. The number of amides is 2. The van der Waals surface area contributed by atoms with Crippen LogP contribution in [0.15, 0.2) is 23.1 Å². The van der Waals surface area contributed by atoms with E-state index in [4.69, 9.17) is 4.74 Å². The highest BCUT2D eigenvalue weighted by molar-refractivity contribution is 7.89. The molecule has 30 heavy (non-hydrogen) atoms. The lowest BCUT2D eigenvalue weighted by Gasteiger charge is -2.31. The van der Waals surface area contributed by atoms with Gasteiger partial charge in [0.2, 0.25) is 15.9 Å². The normalized spacial score (nSPS) is 17.3. The number of ether oxygens (including phenoxy) is 1. The zero-order valence-electron chi connectivity index (χ0n) is 17.5. The summed E-state index contributed by atoms with van der Waals surface area (Å²) < 4.78 is 32.6. The maximum absolute atomic E-state index is 12.6. The number of likely N-dealkylation sites (tertiary alicyclic amines) is 1. The monoisotopic (exact) mass is 437 g/mol. The Morgan fingerprint density at radius 2 is 1.83 bits per heavy atom. The molecule has 1 heterocycles. The molecule has 1 aliphatic heterocycles. The van der Waals surface area contributed by atoms with Gasteiger partial charge in [-0.25, -0.2) is 17.9 Å². The van der Waals surface area contributed by atoms with Crippen LogP contribution in [0.4, 0.5) is 4.79 Å². The minimum absolute atomic E-state index is 0.0135. The van der Waals surface area contributed by atoms with Crippen molar-refractivity contribution >= 4 is 22.0 Å². The number of hydrogen-bond donors (Lipinski definition) is 2. The van der Waals surface area contributed by atoms with Crippen molar-refractivity contribution in [1.82, 2.24) is 14.9 Å². The Labute approximate surface area is 178 Å². The van der Waals surface area contributed by atoms with Crippen molar-refractivity contribution in [3.05, 3.63) is 29.3 Å². The largest absolute Gasteiger partial charge is 0.450 e. The van der Waals surface area contributed by atoms with E-state index >= 15 is 0 Å². The van der Waals surface area contributed by atoms with Crippen molar-refractivity contribution in [2.24, 2.45) is 0 Å². The summed E-state index contributed by atoms with van der Waals surface area (Å²) in [6.07, 6.45) is 5.22. The van der Waals surface area contributed by atoms with E-state index in [2.05, 4.69) is 10.0 Å². The summed E-state index contributed by atoms with van der Waals surface area (Å²) in [5, 5.41) is 2.92. The molecule has 0 saturated carbocycles. The molecule has 0 bridgehead atoms. The van der Waals surface area contributed by atoms with Gasteiger partial charge in [-0.05, 0) is 68.7 Å². The maximum Gasteiger partial charge on any atom is 0.409 e. The topological polar surface area (TPSA) is 105 Å². The minimum atomic E-state index is -3.63. The van der Waals surface area contributed by atoms with Gasteiger partial charge in [-0.3, -0.25) is 4.79 Å². The fraction of sp³-hybridized carbons (Fsp3) is 0.619. The number of carbonyl (C=O) groups is 2. The van der Waals surface area contributed by atoms with Gasteiger partial charge in [0.1, 0.15) is 0 Å². The average molecular weight is 438 g/mol. The first kappa shape index (κ1) is 22.6. The molecule has 8 nitrogen and oxygen atoms in total. The second kappa shape index (κ2) is 10.3. The molecular weight excluding hydrogens is 406 g/mol. The van der Waals surface area contributed by atoms with E-state index in [9.17, 15) is 18.0 Å². The third-order valence-corrected chi connectivity index (χ3v) is 7.12. The van der Waals surface area contributed by atoms with Gasteiger partial charge >= 0.3 is 6.09 Å². The predicted octanol–water partition coefficient (Wildman–Crippen LogP) is 1.97. The third kappa shape index (κ3) is 5.95. The molecule has 0 atom stereocenters. The fourth-order valence-corrected chi connectivity index (χ4v) is 5.06. The Morgan fingerprint density at radius 3 is 2.53 bits per heavy atom. The first-order chi connectivity index (χ1) is 14.4. The molecule has 1 saturated heterocycles. The van der Waals surface area contributed by atoms with Crippen LogP contribution >= 0.6 is 0 Å². The number of fused-ring (bicyclic) bond motifs is 1. The molecule has 0 unspecified atom stereocenters. The highest BCUT2D eigenvalue weighted by atomic mass is 32.2. The van der Waals surface area contributed by atoms with Crippen molar-refractivity contribution in [2.45, 2.75) is 62.8 Å². The van der Waals surface area contributed by atoms with Crippen molar-refractivity contribution in [1.29, 1.82) is 0 Å². The molecule has 2 amide bonds. The van der Waals surface area contributed by atoms with Crippen LogP contribution < -0.4 is 10.0 Å². The zero-order valence-corrected chi connectivity index (χ0v) is 18.3. The molecule has 0 radical (unpaired) electrons. The Bertz CT molecular complexity index is 863. The Balaban J connectivity index is 1.41. The van der Waals surface area contributed by atoms with Crippen LogP contribution in [0.5, 0.6) is 0 Å². The minimum Gasteiger partial charge on any atom is -0.450 e. The lowest BCUT2D eigenvalue weighted by molar-refractivity contribution is -0.121. The summed E-state index contributed by atoms with van der Waals surface area (Å²) >= 11 is 0. The van der Waals surface area contributed by atoms with Crippen LogP contribution in [0, 0.1) is 0 Å². The van der Waals surface area contributed by atoms with E-state index in [1.807, 2.05) is 6.07 Å².